The third kappa shape index (κ3) is 2.64. The zero-order valence-corrected chi connectivity index (χ0v) is 13.1. The highest BCUT2D eigenvalue weighted by atomic mass is 19.1. The number of aromatic nitrogens is 4. The van der Waals surface area contributed by atoms with Crippen LogP contribution >= 0.6 is 0 Å². The van der Waals surface area contributed by atoms with Gasteiger partial charge >= 0.3 is 7.12 Å². The van der Waals surface area contributed by atoms with Crippen molar-refractivity contribution in [3.8, 4) is 0 Å². The smallest absolute Gasteiger partial charge is 0.399 e. The average Bonchev–Trinajstić information content (AvgIpc) is 2.99. The molecular formula is C14H18BFN4O2. The van der Waals surface area contributed by atoms with E-state index in [2.05, 4.69) is 15.5 Å². The highest BCUT2D eigenvalue weighted by Gasteiger charge is 2.51. The summed E-state index contributed by atoms with van der Waals surface area (Å²) < 4.78 is 27.4. The van der Waals surface area contributed by atoms with Crippen molar-refractivity contribution >= 4 is 12.6 Å². The molecule has 1 aromatic carbocycles. The van der Waals surface area contributed by atoms with E-state index in [1.165, 1.54) is 17.1 Å². The maximum atomic E-state index is 14.0. The zero-order valence-electron chi connectivity index (χ0n) is 13.1. The third-order valence-corrected chi connectivity index (χ3v) is 4.32. The molecule has 1 aromatic heterocycles. The second-order valence-corrected chi connectivity index (χ2v) is 6.45. The van der Waals surface area contributed by atoms with Crippen LogP contribution in [0.3, 0.4) is 0 Å². The Morgan fingerprint density at radius 2 is 1.86 bits per heavy atom. The van der Waals surface area contributed by atoms with Crippen molar-refractivity contribution in [2.24, 2.45) is 0 Å². The number of halogens is 1. The standard InChI is InChI=1S/C14H18BFN4O2/c1-13(2)14(3,4)22-15(21-13)11-5-6-12(16)10(7-11)8-20-9-17-18-19-20/h5-7,9H,8H2,1-4H3. The first-order valence-electron chi connectivity index (χ1n) is 7.13. The number of hydrogen-bond donors (Lipinski definition) is 0. The summed E-state index contributed by atoms with van der Waals surface area (Å²) in [6.45, 7) is 8.19. The van der Waals surface area contributed by atoms with E-state index < -0.39 is 18.3 Å². The molecule has 22 heavy (non-hydrogen) atoms. The number of rotatable bonds is 3. The van der Waals surface area contributed by atoms with Crippen LogP contribution in [0, 0.1) is 5.82 Å². The van der Waals surface area contributed by atoms with Gasteiger partial charge in [-0.3, -0.25) is 0 Å². The summed E-state index contributed by atoms with van der Waals surface area (Å²) in [4.78, 5) is 0. The van der Waals surface area contributed by atoms with Crippen LogP contribution < -0.4 is 5.46 Å². The van der Waals surface area contributed by atoms with Gasteiger partial charge in [0.1, 0.15) is 12.1 Å². The Balaban J connectivity index is 1.87. The Labute approximate surface area is 128 Å². The van der Waals surface area contributed by atoms with Gasteiger partial charge in [0.25, 0.3) is 0 Å². The van der Waals surface area contributed by atoms with Crippen molar-refractivity contribution in [1.82, 2.24) is 20.2 Å². The van der Waals surface area contributed by atoms with Gasteiger partial charge in [-0.05, 0) is 49.7 Å². The molecule has 0 aliphatic carbocycles. The lowest BCUT2D eigenvalue weighted by molar-refractivity contribution is 0.00578. The first-order chi connectivity index (χ1) is 10.3. The van der Waals surface area contributed by atoms with Crippen molar-refractivity contribution < 1.29 is 13.7 Å². The predicted molar refractivity (Wildman–Crippen MR) is 79.0 cm³/mol. The highest BCUT2D eigenvalue weighted by molar-refractivity contribution is 6.62. The van der Waals surface area contributed by atoms with Crippen LogP contribution in [0.15, 0.2) is 24.5 Å². The molecule has 1 aliphatic heterocycles. The van der Waals surface area contributed by atoms with E-state index in [4.69, 9.17) is 9.31 Å². The van der Waals surface area contributed by atoms with Crippen LogP contribution in [0.1, 0.15) is 33.3 Å². The molecule has 0 spiro atoms. The van der Waals surface area contributed by atoms with E-state index in [1.54, 1.807) is 12.1 Å². The summed E-state index contributed by atoms with van der Waals surface area (Å²) >= 11 is 0. The van der Waals surface area contributed by atoms with Crippen molar-refractivity contribution in [2.75, 3.05) is 0 Å². The van der Waals surface area contributed by atoms with Crippen LogP contribution in [-0.2, 0) is 15.9 Å². The van der Waals surface area contributed by atoms with Crippen LogP contribution in [0.2, 0.25) is 0 Å². The third-order valence-electron chi connectivity index (χ3n) is 4.32. The van der Waals surface area contributed by atoms with E-state index >= 15 is 0 Å². The van der Waals surface area contributed by atoms with Crippen molar-refractivity contribution in [2.45, 2.75) is 45.4 Å². The Kier molecular flexibility index (Phi) is 3.53. The van der Waals surface area contributed by atoms with E-state index in [-0.39, 0.29) is 12.4 Å². The molecule has 1 aliphatic rings. The lowest BCUT2D eigenvalue weighted by atomic mass is 9.78. The van der Waals surface area contributed by atoms with Crippen LogP contribution in [0.4, 0.5) is 4.39 Å². The van der Waals surface area contributed by atoms with Crippen LogP contribution in [-0.4, -0.2) is 38.5 Å². The molecule has 0 atom stereocenters. The Hall–Kier alpha value is -1.80. The van der Waals surface area contributed by atoms with Crippen molar-refractivity contribution in [3.63, 3.8) is 0 Å². The van der Waals surface area contributed by atoms with Gasteiger partial charge < -0.3 is 9.31 Å². The van der Waals surface area contributed by atoms with Gasteiger partial charge in [-0.25, -0.2) is 9.07 Å². The van der Waals surface area contributed by atoms with Gasteiger partial charge in [-0.1, -0.05) is 12.1 Å². The Morgan fingerprint density at radius 3 is 2.45 bits per heavy atom. The van der Waals surface area contributed by atoms with Gasteiger partial charge in [-0.2, -0.15) is 0 Å². The van der Waals surface area contributed by atoms with Gasteiger partial charge in [0.15, 0.2) is 0 Å². The summed E-state index contributed by atoms with van der Waals surface area (Å²) in [6, 6.07) is 4.83. The number of benzene rings is 1. The summed E-state index contributed by atoms with van der Waals surface area (Å²) in [6.07, 6.45) is 1.45. The molecule has 8 heteroatoms. The topological polar surface area (TPSA) is 62.1 Å². The lowest BCUT2D eigenvalue weighted by Crippen LogP contribution is -2.41. The minimum absolute atomic E-state index is 0.256. The maximum Gasteiger partial charge on any atom is 0.494 e. The first kappa shape index (κ1) is 15.1. The molecule has 2 aromatic rings. The zero-order chi connectivity index (χ0) is 16.0. The molecule has 0 bridgehead atoms. The fraction of sp³-hybridized carbons (Fsp3) is 0.500. The molecular weight excluding hydrogens is 286 g/mol. The average molecular weight is 304 g/mol. The lowest BCUT2D eigenvalue weighted by Gasteiger charge is -2.32. The molecule has 0 amide bonds. The van der Waals surface area contributed by atoms with Crippen molar-refractivity contribution in [1.29, 1.82) is 0 Å². The minimum Gasteiger partial charge on any atom is -0.399 e. The highest BCUT2D eigenvalue weighted by Crippen LogP contribution is 2.36. The van der Waals surface area contributed by atoms with E-state index in [9.17, 15) is 4.39 Å². The summed E-state index contributed by atoms with van der Waals surface area (Å²) in [7, 11) is -0.516. The predicted octanol–water partition coefficient (Wildman–Crippen LogP) is 1.16. The number of tetrazole rings is 1. The monoisotopic (exact) mass is 304 g/mol. The fourth-order valence-electron chi connectivity index (χ4n) is 2.27. The molecule has 0 N–H and O–H groups in total. The quantitative estimate of drug-likeness (QED) is 0.796. The number of hydrogen-bond acceptors (Lipinski definition) is 5. The second kappa shape index (κ2) is 5.14. The number of nitrogens with zero attached hydrogens (tertiary/aromatic N) is 4. The largest absolute Gasteiger partial charge is 0.494 e. The summed E-state index contributed by atoms with van der Waals surface area (Å²) in [5.74, 6) is -0.309. The van der Waals surface area contributed by atoms with Gasteiger partial charge in [0, 0.05) is 5.56 Å². The second-order valence-electron chi connectivity index (χ2n) is 6.45. The van der Waals surface area contributed by atoms with Gasteiger partial charge in [0.2, 0.25) is 0 Å². The normalized spacial score (nSPS) is 19.6. The molecule has 116 valence electrons. The van der Waals surface area contributed by atoms with E-state index in [1.807, 2.05) is 27.7 Å². The fourth-order valence-corrected chi connectivity index (χ4v) is 2.27. The Morgan fingerprint density at radius 1 is 1.18 bits per heavy atom. The van der Waals surface area contributed by atoms with Gasteiger partial charge in [-0.15, -0.1) is 5.10 Å². The molecule has 2 heterocycles. The minimum atomic E-state index is -0.516. The van der Waals surface area contributed by atoms with Crippen LogP contribution in [0.25, 0.3) is 0 Å². The van der Waals surface area contributed by atoms with Crippen LogP contribution in [0.5, 0.6) is 0 Å². The molecule has 3 rings (SSSR count). The van der Waals surface area contributed by atoms with E-state index in [0.29, 0.717) is 5.56 Å². The summed E-state index contributed by atoms with van der Waals surface area (Å²) in [5.41, 5.74) is 0.409. The molecule has 1 saturated heterocycles. The molecule has 6 nitrogen and oxygen atoms in total. The van der Waals surface area contributed by atoms with E-state index in [0.717, 1.165) is 5.46 Å². The maximum absolute atomic E-state index is 14.0. The SMILES string of the molecule is CC1(C)OB(c2ccc(F)c(Cn3cnnn3)c2)OC1(C)C. The van der Waals surface area contributed by atoms with Crippen molar-refractivity contribution in [3.05, 3.63) is 35.9 Å². The summed E-state index contributed by atoms with van der Waals surface area (Å²) in [5, 5.41) is 10.8. The molecule has 0 unspecified atom stereocenters. The molecule has 1 fully saturated rings. The molecule has 0 radical (unpaired) electrons. The Bertz CT molecular complexity index is 659. The molecule has 0 saturated carbocycles. The first-order valence-corrected chi connectivity index (χ1v) is 7.13. The van der Waals surface area contributed by atoms with Gasteiger partial charge in [0.05, 0.1) is 17.7 Å².